The quantitative estimate of drug-likeness (QED) is 0.887. The number of benzene rings is 1. The summed E-state index contributed by atoms with van der Waals surface area (Å²) in [5.41, 5.74) is 4.52. The summed E-state index contributed by atoms with van der Waals surface area (Å²) in [6.07, 6.45) is 3.97. The Morgan fingerprint density at radius 2 is 1.79 bits per heavy atom. The van der Waals surface area contributed by atoms with E-state index >= 15 is 0 Å². The van der Waals surface area contributed by atoms with Crippen molar-refractivity contribution in [3.8, 4) is 0 Å². The molecule has 0 saturated heterocycles. The molecule has 0 amide bonds. The molecule has 1 heterocycles. The summed E-state index contributed by atoms with van der Waals surface area (Å²) in [7, 11) is 0. The summed E-state index contributed by atoms with van der Waals surface area (Å²) < 4.78 is 3.08. The smallest absolute Gasteiger partial charge is 0.0575 e. The topological polar surface area (TPSA) is 17.0 Å². The summed E-state index contributed by atoms with van der Waals surface area (Å²) in [6, 6.07) is 12.2. The van der Waals surface area contributed by atoms with E-state index in [9.17, 15) is 0 Å². The van der Waals surface area contributed by atoms with Crippen LogP contribution in [0.3, 0.4) is 0 Å². The second-order valence-corrected chi connectivity index (χ2v) is 3.87. The fourth-order valence-electron chi connectivity index (χ4n) is 1.26. The van der Waals surface area contributed by atoms with Crippen LogP contribution < -0.4 is 5.43 Å². The van der Waals surface area contributed by atoms with Crippen LogP contribution in [0.5, 0.6) is 0 Å². The molecule has 2 rings (SSSR count). The normalized spacial score (nSPS) is 10.1. The van der Waals surface area contributed by atoms with Crippen LogP contribution in [0.15, 0.2) is 53.3 Å². The lowest BCUT2D eigenvalue weighted by molar-refractivity contribution is 0.845. The molecule has 14 heavy (non-hydrogen) atoms. The van der Waals surface area contributed by atoms with E-state index < -0.39 is 0 Å². The Labute approximate surface area is 91.7 Å². The molecule has 0 atom stereocenters. The lowest BCUT2D eigenvalue weighted by Gasteiger charge is -2.08. The van der Waals surface area contributed by atoms with Crippen LogP contribution >= 0.6 is 15.9 Å². The lowest BCUT2D eigenvalue weighted by Crippen LogP contribution is -2.11. The Bertz CT molecular complexity index is 395. The van der Waals surface area contributed by atoms with Crippen molar-refractivity contribution < 1.29 is 0 Å². The van der Waals surface area contributed by atoms with E-state index in [0.29, 0.717) is 0 Å². The minimum atomic E-state index is 0.816. The van der Waals surface area contributed by atoms with Gasteiger partial charge in [-0.05, 0) is 23.8 Å². The predicted molar refractivity (Wildman–Crippen MR) is 61.6 cm³/mol. The molecular formula is C11H11BrN2. The van der Waals surface area contributed by atoms with Crippen LogP contribution in [0.4, 0.5) is 0 Å². The van der Waals surface area contributed by atoms with E-state index in [1.54, 1.807) is 0 Å². The molecule has 0 spiro atoms. The minimum absolute atomic E-state index is 0.816. The maximum atomic E-state index is 3.51. The summed E-state index contributed by atoms with van der Waals surface area (Å²) >= 11 is 3.51. The highest BCUT2D eigenvalue weighted by Gasteiger charge is 1.96. The number of hydrogen-bond donors (Lipinski definition) is 1. The van der Waals surface area contributed by atoms with Gasteiger partial charge in [-0.25, -0.2) is 0 Å². The van der Waals surface area contributed by atoms with Crippen LogP contribution in [0.25, 0.3) is 0 Å². The third-order valence-corrected chi connectivity index (χ3v) is 2.79. The standard InChI is InChI=1S/C11H11BrN2/c12-11-6-2-1-5-10(11)9-13-14-7-3-4-8-14/h1-8,13H,9H2. The van der Waals surface area contributed by atoms with E-state index in [0.717, 1.165) is 11.0 Å². The molecule has 2 aromatic rings. The molecule has 0 aliphatic carbocycles. The van der Waals surface area contributed by atoms with Crippen LogP contribution in [0.2, 0.25) is 0 Å². The summed E-state index contributed by atoms with van der Waals surface area (Å²) in [6.45, 7) is 0.816. The van der Waals surface area contributed by atoms with Gasteiger partial charge in [0.1, 0.15) is 0 Å². The van der Waals surface area contributed by atoms with E-state index in [1.807, 2.05) is 47.4 Å². The van der Waals surface area contributed by atoms with Crippen molar-refractivity contribution in [2.45, 2.75) is 6.54 Å². The number of nitrogens with one attached hydrogen (secondary N) is 1. The van der Waals surface area contributed by atoms with Crippen molar-refractivity contribution >= 4 is 15.9 Å². The molecule has 0 aliphatic rings. The highest BCUT2D eigenvalue weighted by atomic mass is 79.9. The molecule has 0 unspecified atom stereocenters. The minimum Gasteiger partial charge on any atom is -0.322 e. The first-order valence-corrected chi connectivity index (χ1v) is 5.26. The van der Waals surface area contributed by atoms with Gasteiger partial charge in [0.15, 0.2) is 0 Å². The van der Waals surface area contributed by atoms with Crippen molar-refractivity contribution in [1.29, 1.82) is 0 Å². The Morgan fingerprint density at radius 3 is 2.50 bits per heavy atom. The second kappa shape index (κ2) is 4.33. The summed E-state index contributed by atoms with van der Waals surface area (Å²) in [4.78, 5) is 0. The van der Waals surface area contributed by atoms with Gasteiger partial charge in [0.25, 0.3) is 0 Å². The van der Waals surface area contributed by atoms with Gasteiger partial charge < -0.3 is 5.43 Å². The van der Waals surface area contributed by atoms with Gasteiger partial charge in [0, 0.05) is 16.9 Å². The van der Waals surface area contributed by atoms with Gasteiger partial charge >= 0.3 is 0 Å². The zero-order valence-corrected chi connectivity index (χ0v) is 9.24. The van der Waals surface area contributed by atoms with Crippen molar-refractivity contribution in [1.82, 2.24) is 4.68 Å². The van der Waals surface area contributed by atoms with E-state index in [1.165, 1.54) is 5.56 Å². The molecule has 0 aliphatic heterocycles. The lowest BCUT2D eigenvalue weighted by atomic mass is 10.2. The Kier molecular flexibility index (Phi) is 2.89. The zero-order chi connectivity index (χ0) is 9.80. The van der Waals surface area contributed by atoms with E-state index in [-0.39, 0.29) is 0 Å². The number of rotatable bonds is 3. The van der Waals surface area contributed by atoms with Gasteiger partial charge in [0.2, 0.25) is 0 Å². The molecule has 3 heteroatoms. The molecule has 72 valence electrons. The number of aromatic nitrogens is 1. The molecule has 0 radical (unpaired) electrons. The second-order valence-electron chi connectivity index (χ2n) is 3.02. The average Bonchev–Trinajstić information content (AvgIpc) is 2.69. The number of halogens is 1. The number of hydrogen-bond acceptors (Lipinski definition) is 1. The molecule has 1 N–H and O–H groups in total. The summed E-state index contributed by atoms with van der Waals surface area (Å²) in [5.74, 6) is 0. The Morgan fingerprint density at radius 1 is 1.07 bits per heavy atom. The summed E-state index contributed by atoms with van der Waals surface area (Å²) in [5, 5.41) is 0. The highest BCUT2D eigenvalue weighted by molar-refractivity contribution is 9.10. The average molecular weight is 251 g/mol. The highest BCUT2D eigenvalue weighted by Crippen LogP contribution is 2.15. The zero-order valence-electron chi connectivity index (χ0n) is 7.65. The molecular weight excluding hydrogens is 240 g/mol. The molecule has 0 saturated carbocycles. The van der Waals surface area contributed by atoms with Crippen LogP contribution in [-0.4, -0.2) is 4.68 Å². The maximum absolute atomic E-state index is 3.51. The molecule has 2 nitrogen and oxygen atoms in total. The van der Waals surface area contributed by atoms with Crippen LogP contribution in [0.1, 0.15) is 5.56 Å². The Balaban J connectivity index is 2.02. The first kappa shape index (κ1) is 9.34. The van der Waals surface area contributed by atoms with Crippen LogP contribution in [-0.2, 0) is 6.54 Å². The molecule has 0 fully saturated rings. The Hall–Kier alpha value is -1.22. The van der Waals surface area contributed by atoms with Crippen molar-refractivity contribution in [2.75, 3.05) is 5.43 Å². The molecule has 0 bridgehead atoms. The van der Waals surface area contributed by atoms with Crippen molar-refractivity contribution in [3.63, 3.8) is 0 Å². The van der Waals surface area contributed by atoms with E-state index in [4.69, 9.17) is 0 Å². The van der Waals surface area contributed by atoms with Gasteiger partial charge in [-0.1, -0.05) is 34.1 Å². The monoisotopic (exact) mass is 250 g/mol. The van der Waals surface area contributed by atoms with Gasteiger partial charge in [-0.2, -0.15) is 0 Å². The third-order valence-electron chi connectivity index (χ3n) is 2.01. The van der Waals surface area contributed by atoms with Crippen molar-refractivity contribution in [3.05, 3.63) is 58.8 Å². The van der Waals surface area contributed by atoms with Gasteiger partial charge in [0.05, 0.1) is 6.54 Å². The first-order chi connectivity index (χ1) is 6.86. The number of nitrogens with zero attached hydrogens (tertiary/aromatic N) is 1. The van der Waals surface area contributed by atoms with Gasteiger partial charge in [-0.15, -0.1) is 0 Å². The largest absolute Gasteiger partial charge is 0.322 e. The van der Waals surface area contributed by atoms with E-state index in [2.05, 4.69) is 27.4 Å². The predicted octanol–water partition coefficient (Wildman–Crippen LogP) is 2.99. The molecule has 1 aromatic heterocycles. The van der Waals surface area contributed by atoms with Gasteiger partial charge in [-0.3, -0.25) is 4.68 Å². The molecule has 1 aromatic carbocycles. The fourth-order valence-corrected chi connectivity index (χ4v) is 1.68. The third kappa shape index (κ3) is 2.17. The SMILES string of the molecule is Brc1ccccc1CNn1cccc1. The maximum Gasteiger partial charge on any atom is 0.0575 e. The van der Waals surface area contributed by atoms with Crippen molar-refractivity contribution in [2.24, 2.45) is 0 Å². The van der Waals surface area contributed by atoms with Crippen LogP contribution in [0, 0.1) is 0 Å². The first-order valence-electron chi connectivity index (χ1n) is 4.46. The fraction of sp³-hybridized carbons (Fsp3) is 0.0909.